The number of nitrogens with zero attached hydrogens (tertiary/aromatic N) is 1. The van der Waals surface area contributed by atoms with Gasteiger partial charge in [0.25, 0.3) is 0 Å². The van der Waals surface area contributed by atoms with E-state index in [0.717, 1.165) is 8.95 Å². The summed E-state index contributed by atoms with van der Waals surface area (Å²) in [4.78, 5) is 29.3. The second kappa shape index (κ2) is 14.0. The van der Waals surface area contributed by atoms with Gasteiger partial charge in [0.15, 0.2) is 11.2 Å². The van der Waals surface area contributed by atoms with Crippen LogP contribution in [0.4, 0.5) is 0 Å². The van der Waals surface area contributed by atoms with Crippen LogP contribution < -0.4 is 0 Å². The first-order chi connectivity index (χ1) is 21.9. The van der Waals surface area contributed by atoms with Gasteiger partial charge >= 0.3 is 5.97 Å². The summed E-state index contributed by atoms with van der Waals surface area (Å²) in [7, 11) is 0. The number of benzene rings is 4. The molecule has 1 saturated carbocycles. The highest BCUT2D eigenvalue weighted by atomic mass is 79.9. The van der Waals surface area contributed by atoms with Gasteiger partial charge in [-0.05, 0) is 78.6 Å². The molecule has 0 aliphatic heterocycles. The Balaban J connectivity index is 1.93. The average molecular weight is 825 g/mol. The van der Waals surface area contributed by atoms with Crippen LogP contribution in [0.2, 0.25) is 20.1 Å². The lowest BCUT2D eigenvalue weighted by Crippen LogP contribution is -2.59. The molecule has 4 aromatic carbocycles. The van der Waals surface area contributed by atoms with Gasteiger partial charge in [0.2, 0.25) is 0 Å². The van der Waals surface area contributed by atoms with Crippen molar-refractivity contribution in [1.29, 1.82) is 5.26 Å². The minimum Gasteiger partial charge on any atom is -0.465 e. The molecule has 0 radical (unpaired) electrons. The average Bonchev–Trinajstić information content (AvgIpc) is 3.03. The molecular weight excluding hydrogens is 800 g/mol. The van der Waals surface area contributed by atoms with Crippen LogP contribution in [-0.2, 0) is 15.1 Å². The lowest BCUT2D eigenvalue weighted by Gasteiger charge is -2.54. The smallest absolute Gasteiger partial charge is 0.327 e. The second-order valence-electron chi connectivity index (χ2n) is 11.1. The van der Waals surface area contributed by atoms with Gasteiger partial charge in [0, 0.05) is 26.3 Å². The summed E-state index contributed by atoms with van der Waals surface area (Å²) in [6.07, 6.45) is -0.219. The quantitative estimate of drug-likeness (QED) is 0.148. The highest BCUT2D eigenvalue weighted by Gasteiger charge is 2.67. The maximum Gasteiger partial charge on any atom is 0.327 e. The van der Waals surface area contributed by atoms with E-state index in [1.807, 2.05) is 0 Å². The fourth-order valence-corrected chi connectivity index (χ4v) is 7.68. The number of Topliss-reactive ketones (excluding diaryl/α,β-unsaturated/α-hetero) is 1. The van der Waals surface area contributed by atoms with E-state index < -0.39 is 40.5 Å². The molecule has 4 aromatic rings. The van der Waals surface area contributed by atoms with Crippen LogP contribution in [0.5, 0.6) is 0 Å². The first kappa shape index (κ1) is 34.9. The lowest BCUT2D eigenvalue weighted by molar-refractivity contribution is -0.164. The molecule has 5 nitrogen and oxygen atoms in total. The Morgan fingerprint density at radius 3 is 1.89 bits per heavy atom. The summed E-state index contributed by atoms with van der Waals surface area (Å²) < 4.78 is 7.14. The number of ether oxygens (including phenoxy) is 1. The number of rotatable bonds is 7. The van der Waals surface area contributed by atoms with Crippen molar-refractivity contribution in [2.24, 2.45) is 11.3 Å². The molecule has 11 heteroatoms. The van der Waals surface area contributed by atoms with Gasteiger partial charge in [-0.25, -0.2) is 0 Å². The molecule has 0 spiro atoms. The predicted octanol–water partition coefficient (Wildman–Crippen LogP) is 10.6. The molecule has 0 unspecified atom stereocenters. The molecule has 0 amide bonds. The number of halogens is 6. The number of hydrogen-bond acceptors (Lipinski definition) is 5. The molecule has 0 aromatic heterocycles. The third-order valence-corrected chi connectivity index (χ3v) is 11.1. The fourth-order valence-electron chi connectivity index (χ4n) is 6.54. The van der Waals surface area contributed by atoms with Crippen LogP contribution in [0.1, 0.15) is 52.2 Å². The topological polar surface area (TPSA) is 87.4 Å². The molecule has 1 aliphatic rings. The molecule has 5 atom stereocenters. The number of carbonyl (C=O) groups is 2. The first-order valence-electron chi connectivity index (χ1n) is 14.1. The Morgan fingerprint density at radius 1 is 0.848 bits per heavy atom. The fraction of sp³-hybridized carbons (Fsp3) is 0.229. The molecule has 236 valence electrons. The van der Waals surface area contributed by atoms with E-state index in [-0.39, 0.29) is 38.7 Å². The summed E-state index contributed by atoms with van der Waals surface area (Å²) in [6.45, 7) is 1.60. The van der Waals surface area contributed by atoms with Gasteiger partial charge < -0.3 is 9.84 Å². The number of carbonyl (C=O) groups excluding carboxylic acids is 2. The monoisotopic (exact) mass is 821 g/mol. The lowest BCUT2D eigenvalue weighted by atomic mass is 9.47. The van der Waals surface area contributed by atoms with Crippen LogP contribution in [0, 0.1) is 22.7 Å². The number of ketones is 1. The Hall–Kier alpha value is -2.41. The van der Waals surface area contributed by atoms with Gasteiger partial charge in [0.1, 0.15) is 5.60 Å². The standard InChI is InChI=1S/C35H25Br2Cl4NO4/c1-2-46-33(44)34(18-42)25(20-5-13-26(38)28(40)15-20)17-35(45,22-7-11-24(37)12-8-22)31(32(43)19-3-9-23(36)10-4-19)30(34)21-6-14-27(39)29(41)16-21/h3-16,25,30-31,45H,2,17H2,1H3/t25-,30-,31+,34+,35-/m0/s1. The van der Waals surface area contributed by atoms with Gasteiger partial charge in [-0.2, -0.15) is 5.26 Å². The molecule has 5 rings (SSSR count). The maximum absolute atomic E-state index is 14.9. The van der Waals surface area contributed by atoms with Crippen LogP contribution in [0.15, 0.2) is 93.9 Å². The highest BCUT2D eigenvalue weighted by Crippen LogP contribution is 2.64. The largest absolute Gasteiger partial charge is 0.465 e. The molecule has 0 bridgehead atoms. The third kappa shape index (κ3) is 6.26. The molecule has 0 heterocycles. The molecule has 46 heavy (non-hydrogen) atoms. The van der Waals surface area contributed by atoms with E-state index in [4.69, 9.17) is 51.1 Å². The molecule has 1 aliphatic carbocycles. The number of esters is 1. The first-order valence-corrected chi connectivity index (χ1v) is 17.2. The Morgan fingerprint density at radius 2 is 1.37 bits per heavy atom. The third-order valence-electron chi connectivity index (χ3n) is 8.61. The van der Waals surface area contributed by atoms with E-state index in [2.05, 4.69) is 37.9 Å². The van der Waals surface area contributed by atoms with Gasteiger partial charge in [0.05, 0.1) is 38.7 Å². The zero-order valence-corrected chi connectivity index (χ0v) is 30.3. The molecule has 0 saturated heterocycles. The summed E-state index contributed by atoms with van der Waals surface area (Å²) in [5, 5.41) is 25.2. The maximum atomic E-state index is 14.9. The summed E-state index contributed by atoms with van der Waals surface area (Å²) >= 11 is 32.5. The van der Waals surface area contributed by atoms with Crippen LogP contribution in [-0.4, -0.2) is 23.5 Å². The Labute approximate surface area is 303 Å². The molecular formula is C35H25Br2Cl4NO4. The SMILES string of the molecule is CCOC(=O)[C@]1(C#N)[C@H](c2ccc(Cl)c(Cl)c2)C[C@](O)(c2ccc(Br)cc2)[C@@H](C(=O)c2ccc(Br)cc2)[C@@H]1c1ccc(Cl)c(Cl)c1. The van der Waals surface area contributed by atoms with Crippen molar-refractivity contribution in [3.8, 4) is 6.07 Å². The van der Waals surface area contributed by atoms with Gasteiger partial charge in [-0.1, -0.05) is 115 Å². The zero-order valence-electron chi connectivity index (χ0n) is 24.1. The van der Waals surface area contributed by atoms with E-state index in [0.29, 0.717) is 16.7 Å². The van der Waals surface area contributed by atoms with Crippen molar-refractivity contribution in [1.82, 2.24) is 0 Å². The van der Waals surface area contributed by atoms with Crippen LogP contribution in [0.25, 0.3) is 0 Å². The minimum absolute atomic E-state index is 0.0350. The van der Waals surface area contributed by atoms with Crippen molar-refractivity contribution in [3.63, 3.8) is 0 Å². The second-order valence-corrected chi connectivity index (χ2v) is 14.5. The van der Waals surface area contributed by atoms with E-state index in [9.17, 15) is 20.0 Å². The zero-order chi connectivity index (χ0) is 33.4. The Bertz CT molecular complexity index is 1850. The highest BCUT2D eigenvalue weighted by molar-refractivity contribution is 9.10. The van der Waals surface area contributed by atoms with Crippen LogP contribution in [0.3, 0.4) is 0 Å². The molecule has 1 N–H and O–H groups in total. The number of hydrogen-bond donors (Lipinski definition) is 1. The molecule has 1 fully saturated rings. The van der Waals surface area contributed by atoms with Crippen molar-refractivity contribution in [2.45, 2.75) is 30.8 Å². The van der Waals surface area contributed by atoms with Gasteiger partial charge in [-0.3, -0.25) is 9.59 Å². The normalized spacial score (nSPS) is 24.2. The van der Waals surface area contributed by atoms with Crippen molar-refractivity contribution in [2.75, 3.05) is 6.61 Å². The van der Waals surface area contributed by atoms with E-state index >= 15 is 0 Å². The van der Waals surface area contributed by atoms with Crippen molar-refractivity contribution in [3.05, 3.63) is 136 Å². The Kier molecular flexibility index (Phi) is 10.6. The van der Waals surface area contributed by atoms with Crippen LogP contribution >= 0.6 is 78.3 Å². The minimum atomic E-state index is -2.05. The number of aliphatic hydroxyl groups is 1. The van der Waals surface area contributed by atoms with E-state index in [1.165, 1.54) is 12.1 Å². The van der Waals surface area contributed by atoms with Crippen molar-refractivity contribution >= 4 is 90.0 Å². The summed E-state index contributed by atoms with van der Waals surface area (Å²) in [5.41, 5.74) is -2.49. The van der Waals surface area contributed by atoms with E-state index in [1.54, 1.807) is 79.7 Å². The number of nitriles is 1. The summed E-state index contributed by atoms with van der Waals surface area (Å²) in [5.74, 6) is -5.03. The van der Waals surface area contributed by atoms with Crippen molar-refractivity contribution < 1.29 is 19.4 Å². The summed E-state index contributed by atoms with van der Waals surface area (Å²) in [6, 6.07) is 25.4. The predicted molar refractivity (Wildman–Crippen MR) is 188 cm³/mol. The van der Waals surface area contributed by atoms with Gasteiger partial charge in [-0.15, -0.1) is 0 Å².